The summed E-state index contributed by atoms with van der Waals surface area (Å²) in [7, 11) is 0. The molecule has 1 N–H and O–H groups in total. The van der Waals surface area contributed by atoms with Gasteiger partial charge in [0, 0.05) is 13.3 Å². The molecule has 0 heterocycles. The van der Waals surface area contributed by atoms with Gasteiger partial charge in [0.1, 0.15) is 0 Å². The lowest BCUT2D eigenvalue weighted by atomic mass is 9.93. The van der Waals surface area contributed by atoms with Gasteiger partial charge in [-0.15, -0.1) is 12.8 Å². The molecule has 0 atom stereocenters. The molecule has 1 rings (SSSR count). The Labute approximate surface area is 177 Å². The van der Waals surface area contributed by atoms with Gasteiger partial charge in [-0.2, -0.15) is 0 Å². The number of benzene rings is 1. The van der Waals surface area contributed by atoms with Gasteiger partial charge < -0.3 is 5.32 Å². The molecule has 1 amide bonds. The van der Waals surface area contributed by atoms with E-state index in [9.17, 15) is 4.79 Å². The molecule has 0 fully saturated rings. The van der Waals surface area contributed by atoms with Crippen LogP contribution in [0.4, 0.5) is 0 Å². The molecular weight excluding hydrogens is 354 g/mol. The molecular formula is C27H27NO. The predicted octanol–water partition coefficient (Wildman–Crippen LogP) is 3.82. The number of nitrogens with one attached hydrogen (secondary N) is 1. The van der Waals surface area contributed by atoms with Crippen molar-refractivity contribution in [2.45, 2.75) is 41.0 Å². The van der Waals surface area contributed by atoms with E-state index in [1.54, 1.807) is 0 Å². The summed E-state index contributed by atoms with van der Waals surface area (Å²) in [5.41, 5.74) is 1.58. The average Bonchev–Trinajstić information content (AvgIpc) is 2.65. The third kappa shape index (κ3) is 29.1. The second-order valence-corrected chi connectivity index (χ2v) is 6.69. The lowest BCUT2D eigenvalue weighted by molar-refractivity contribution is -0.118. The monoisotopic (exact) mass is 381 g/mol. The van der Waals surface area contributed by atoms with Gasteiger partial charge in [-0.05, 0) is 59.7 Å². The largest absolute Gasteiger partial charge is 0.345 e. The maximum atomic E-state index is 10.3. The minimum absolute atomic E-state index is 0.107. The second-order valence-electron chi connectivity index (χ2n) is 6.69. The molecule has 0 aliphatic heterocycles. The van der Waals surface area contributed by atoms with E-state index in [1.807, 2.05) is 18.2 Å². The SMILES string of the molecule is C#CC#CC#CCC(C)(C)C.C#CC#CC#CCNC(C)=O.Cc1ccccc1. The van der Waals surface area contributed by atoms with Crippen molar-refractivity contribution in [2.24, 2.45) is 5.41 Å². The van der Waals surface area contributed by atoms with Crippen LogP contribution in [0, 0.1) is 84.4 Å². The molecule has 29 heavy (non-hydrogen) atoms. The summed E-state index contributed by atoms with van der Waals surface area (Å²) < 4.78 is 0. The molecule has 0 spiro atoms. The van der Waals surface area contributed by atoms with Crippen molar-refractivity contribution >= 4 is 5.91 Å². The normalized spacial score (nSPS) is 7.41. The highest BCUT2D eigenvalue weighted by atomic mass is 16.1. The standard InChI is InChI=1S/C11H12.C9H7NO.C7H8/c1-5-6-7-8-9-10-11(2,3)4;1-3-4-5-6-7-8-10-9(2)11;1-7-5-3-2-4-6-7/h1H,10H2,2-4H3;1H,8H2,2H3,(H,10,11);2-6H,1H3. The molecule has 0 aromatic heterocycles. The lowest BCUT2D eigenvalue weighted by Crippen LogP contribution is -2.19. The molecule has 0 aliphatic rings. The Morgan fingerprint density at radius 1 is 0.897 bits per heavy atom. The molecule has 0 unspecified atom stereocenters. The van der Waals surface area contributed by atoms with Gasteiger partial charge in [0.05, 0.1) is 6.54 Å². The molecule has 0 aliphatic carbocycles. The molecule has 0 radical (unpaired) electrons. The van der Waals surface area contributed by atoms with Crippen molar-refractivity contribution in [3.63, 3.8) is 0 Å². The zero-order valence-electron chi connectivity index (χ0n) is 17.9. The first kappa shape index (κ1) is 27.3. The van der Waals surface area contributed by atoms with Crippen molar-refractivity contribution in [3.05, 3.63) is 35.9 Å². The minimum Gasteiger partial charge on any atom is -0.345 e. The molecule has 146 valence electrons. The Bertz CT molecular complexity index is 933. The van der Waals surface area contributed by atoms with Crippen LogP contribution in [0.3, 0.4) is 0 Å². The highest BCUT2D eigenvalue weighted by Gasteiger charge is 2.06. The summed E-state index contributed by atoms with van der Waals surface area (Å²) in [5, 5.41) is 2.49. The Hall–Kier alpha value is -3.95. The van der Waals surface area contributed by atoms with E-state index >= 15 is 0 Å². The summed E-state index contributed by atoms with van der Waals surface area (Å²) in [5.74, 6) is 24.7. The van der Waals surface area contributed by atoms with Gasteiger partial charge in [-0.3, -0.25) is 4.79 Å². The summed E-state index contributed by atoms with van der Waals surface area (Å²) in [6, 6.07) is 10.3. The quantitative estimate of drug-likeness (QED) is 0.736. The van der Waals surface area contributed by atoms with E-state index in [-0.39, 0.29) is 11.3 Å². The second kappa shape index (κ2) is 18.8. The number of rotatable bonds is 1. The molecule has 1 aromatic rings. The van der Waals surface area contributed by atoms with Crippen LogP contribution >= 0.6 is 0 Å². The van der Waals surface area contributed by atoms with E-state index in [1.165, 1.54) is 12.5 Å². The first-order chi connectivity index (χ1) is 13.7. The maximum absolute atomic E-state index is 10.3. The van der Waals surface area contributed by atoms with Crippen LogP contribution in [0.1, 0.15) is 39.7 Å². The average molecular weight is 382 g/mol. The predicted molar refractivity (Wildman–Crippen MR) is 123 cm³/mol. The van der Waals surface area contributed by atoms with E-state index in [0.29, 0.717) is 6.54 Å². The first-order valence-corrected chi connectivity index (χ1v) is 8.86. The molecule has 0 bridgehead atoms. The van der Waals surface area contributed by atoms with Gasteiger partial charge >= 0.3 is 0 Å². The zero-order valence-corrected chi connectivity index (χ0v) is 17.9. The molecule has 0 saturated carbocycles. The Kier molecular flexibility index (Phi) is 17.7. The van der Waals surface area contributed by atoms with E-state index in [2.05, 4.69) is 104 Å². The number of carbonyl (C=O) groups excluding carboxylic acids is 1. The maximum Gasteiger partial charge on any atom is 0.217 e. The lowest BCUT2D eigenvalue weighted by Gasteiger charge is -2.12. The van der Waals surface area contributed by atoms with E-state index < -0.39 is 0 Å². The third-order valence-electron chi connectivity index (χ3n) is 2.56. The number of amides is 1. The van der Waals surface area contributed by atoms with Crippen LogP contribution in [-0.4, -0.2) is 12.5 Å². The van der Waals surface area contributed by atoms with E-state index in [4.69, 9.17) is 12.8 Å². The van der Waals surface area contributed by atoms with Crippen molar-refractivity contribution < 1.29 is 4.79 Å². The van der Waals surface area contributed by atoms with Gasteiger partial charge in [0.15, 0.2) is 0 Å². The summed E-state index contributed by atoms with van der Waals surface area (Å²) in [4.78, 5) is 10.3. The van der Waals surface area contributed by atoms with Gasteiger partial charge in [0.25, 0.3) is 0 Å². The third-order valence-corrected chi connectivity index (χ3v) is 2.56. The number of carbonyl (C=O) groups is 1. The fraction of sp³-hybridized carbons (Fsp3) is 0.296. The molecule has 2 nitrogen and oxygen atoms in total. The van der Waals surface area contributed by atoms with Crippen LogP contribution in [0.25, 0.3) is 0 Å². The van der Waals surface area contributed by atoms with Crippen LogP contribution in [0.15, 0.2) is 30.3 Å². The van der Waals surface area contributed by atoms with Gasteiger partial charge in [-0.25, -0.2) is 0 Å². The van der Waals surface area contributed by atoms with Crippen molar-refractivity contribution in [3.8, 4) is 72.1 Å². The highest BCUT2D eigenvalue weighted by Crippen LogP contribution is 2.16. The van der Waals surface area contributed by atoms with Crippen LogP contribution in [0.2, 0.25) is 0 Å². The van der Waals surface area contributed by atoms with Crippen LogP contribution in [0.5, 0.6) is 0 Å². The first-order valence-electron chi connectivity index (χ1n) is 8.86. The summed E-state index contributed by atoms with van der Waals surface area (Å²) in [6.07, 6.45) is 10.6. The number of hydrogen-bond donors (Lipinski definition) is 1. The Morgan fingerprint density at radius 3 is 1.79 bits per heavy atom. The minimum atomic E-state index is -0.107. The Morgan fingerprint density at radius 2 is 1.41 bits per heavy atom. The van der Waals surface area contributed by atoms with E-state index in [0.717, 1.165) is 6.42 Å². The van der Waals surface area contributed by atoms with Crippen molar-refractivity contribution in [1.29, 1.82) is 0 Å². The number of aryl methyl sites for hydroxylation is 1. The zero-order chi connectivity index (χ0) is 22.4. The number of hydrogen-bond acceptors (Lipinski definition) is 1. The topological polar surface area (TPSA) is 29.1 Å². The van der Waals surface area contributed by atoms with Crippen molar-refractivity contribution in [2.75, 3.05) is 6.54 Å². The number of terminal acetylenes is 2. The molecule has 0 saturated heterocycles. The Balaban J connectivity index is 0. The van der Waals surface area contributed by atoms with Gasteiger partial charge in [-0.1, -0.05) is 68.5 Å². The molecule has 1 aromatic carbocycles. The fourth-order valence-electron chi connectivity index (χ4n) is 1.28. The summed E-state index contributed by atoms with van der Waals surface area (Å²) >= 11 is 0. The fourth-order valence-corrected chi connectivity index (χ4v) is 1.28. The smallest absolute Gasteiger partial charge is 0.217 e. The van der Waals surface area contributed by atoms with Crippen LogP contribution in [-0.2, 0) is 4.79 Å². The van der Waals surface area contributed by atoms with Gasteiger partial charge in [0.2, 0.25) is 5.91 Å². The van der Waals surface area contributed by atoms with Crippen LogP contribution < -0.4 is 5.32 Å². The highest BCUT2D eigenvalue weighted by molar-refractivity contribution is 5.73. The molecule has 2 heteroatoms. The van der Waals surface area contributed by atoms with Crippen molar-refractivity contribution in [1.82, 2.24) is 5.32 Å². The summed E-state index contributed by atoms with van der Waals surface area (Å²) in [6.45, 7) is 10.2.